The Kier molecular flexibility index (Phi) is 2.79. The van der Waals surface area contributed by atoms with Crippen LogP contribution >= 0.6 is 11.6 Å². The van der Waals surface area contributed by atoms with E-state index in [2.05, 4.69) is 20.4 Å². The van der Waals surface area contributed by atoms with Crippen LogP contribution in [0.1, 0.15) is 5.56 Å². The van der Waals surface area contributed by atoms with Gasteiger partial charge in [-0.25, -0.2) is 4.39 Å². The van der Waals surface area contributed by atoms with Crippen LogP contribution in [-0.2, 0) is 0 Å². The Morgan fingerprint density at radius 3 is 3.05 bits per heavy atom. The highest BCUT2D eigenvalue weighted by Crippen LogP contribution is 2.23. The maximum absolute atomic E-state index is 13.5. The van der Waals surface area contributed by atoms with Crippen molar-refractivity contribution in [1.29, 1.82) is 0 Å². The van der Waals surface area contributed by atoms with E-state index in [-0.39, 0.29) is 11.0 Å². The Hall–Kier alpha value is -2.21. The molecular formula is C12H9ClFN5. The van der Waals surface area contributed by atoms with E-state index in [0.717, 1.165) is 0 Å². The minimum atomic E-state index is -0.278. The standard InChI is InChI=1S/C12H9ClFN5/c1-7-8(14)3-2-4-9(7)17-11-5-10(13)18-12-15-6-16-19(11)12/h2-6,17H,1H3. The number of nitrogens with zero attached hydrogens (tertiary/aromatic N) is 4. The molecule has 2 heterocycles. The number of hydrogen-bond donors (Lipinski definition) is 1. The van der Waals surface area contributed by atoms with Gasteiger partial charge in [-0.2, -0.15) is 19.6 Å². The maximum Gasteiger partial charge on any atom is 0.255 e. The van der Waals surface area contributed by atoms with Crippen LogP contribution in [0.15, 0.2) is 30.6 Å². The lowest BCUT2D eigenvalue weighted by Gasteiger charge is -2.11. The Morgan fingerprint density at radius 2 is 2.21 bits per heavy atom. The third kappa shape index (κ3) is 2.10. The normalized spacial score (nSPS) is 10.9. The minimum Gasteiger partial charge on any atom is -0.340 e. The van der Waals surface area contributed by atoms with E-state index in [4.69, 9.17) is 11.6 Å². The molecule has 19 heavy (non-hydrogen) atoms. The summed E-state index contributed by atoms with van der Waals surface area (Å²) >= 11 is 5.91. The molecule has 0 fully saturated rings. The monoisotopic (exact) mass is 277 g/mol. The highest BCUT2D eigenvalue weighted by molar-refractivity contribution is 6.29. The van der Waals surface area contributed by atoms with E-state index < -0.39 is 0 Å². The molecule has 1 N–H and O–H groups in total. The first-order valence-electron chi connectivity index (χ1n) is 5.53. The van der Waals surface area contributed by atoms with Crippen LogP contribution in [0.4, 0.5) is 15.9 Å². The van der Waals surface area contributed by atoms with Crippen molar-refractivity contribution >= 4 is 28.9 Å². The maximum atomic E-state index is 13.5. The average Bonchev–Trinajstić information content (AvgIpc) is 2.83. The molecule has 0 amide bonds. The van der Waals surface area contributed by atoms with Crippen molar-refractivity contribution in [2.75, 3.05) is 5.32 Å². The molecule has 0 aliphatic rings. The third-order valence-electron chi connectivity index (χ3n) is 2.75. The first-order chi connectivity index (χ1) is 9.15. The summed E-state index contributed by atoms with van der Waals surface area (Å²) in [6.07, 6.45) is 1.38. The molecule has 7 heteroatoms. The Morgan fingerprint density at radius 1 is 1.37 bits per heavy atom. The molecular weight excluding hydrogens is 269 g/mol. The fourth-order valence-electron chi connectivity index (χ4n) is 1.75. The number of nitrogens with one attached hydrogen (secondary N) is 1. The molecule has 0 unspecified atom stereocenters. The van der Waals surface area contributed by atoms with Crippen LogP contribution in [0.25, 0.3) is 5.78 Å². The van der Waals surface area contributed by atoms with Crippen LogP contribution in [0.2, 0.25) is 5.15 Å². The van der Waals surface area contributed by atoms with Gasteiger partial charge in [-0.1, -0.05) is 17.7 Å². The van der Waals surface area contributed by atoms with Gasteiger partial charge in [0.2, 0.25) is 0 Å². The molecule has 2 aromatic heterocycles. The highest BCUT2D eigenvalue weighted by Gasteiger charge is 2.09. The van der Waals surface area contributed by atoms with Crippen LogP contribution in [0, 0.1) is 12.7 Å². The molecule has 3 aromatic rings. The summed E-state index contributed by atoms with van der Waals surface area (Å²) in [5.74, 6) is 0.672. The van der Waals surface area contributed by atoms with Crippen molar-refractivity contribution in [3.63, 3.8) is 0 Å². The van der Waals surface area contributed by atoms with Crippen molar-refractivity contribution in [2.45, 2.75) is 6.92 Å². The number of rotatable bonds is 2. The van der Waals surface area contributed by atoms with Crippen molar-refractivity contribution in [2.24, 2.45) is 0 Å². The third-order valence-corrected chi connectivity index (χ3v) is 2.94. The molecule has 96 valence electrons. The summed E-state index contributed by atoms with van der Waals surface area (Å²) in [4.78, 5) is 7.98. The summed E-state index contributed by atoms with van der Waals surface area (Å²) in [7, 11) is 0. The number of anilines is 2. The van der Waals surface area contributed by atoms with Gasteiger partial charge in [-0.15, -0.1) is 0 Å². The zero-order valence-corrected chi connectivity index (χ0v) is 10.7. The second-order valence-corrected chi connectivity index (χ2v) is 4.36. The molecule has 0 aliphatic carbocycles. The smallest absolute Gasteiger partial charge is 0.255 e. The highest BCUT2D eigenvalue weighted by atomic mass is 35.5. The lowest BCUT2D eigenvalue weighted by Crippen LogP contribution is -2.03. The number of aromatic nitrogens is 4. The average molecular weight is 278 g/mol. The van der Waals surface area contributed by atoms with E-state index in [1.165, 1.54) is 16.9 Å². The first kappa shape index (κ1) is 11.9. The molecule has 0 aliphatic heterocycles. The first-order valence-corrected chi connectivity index (χ1v) is 5.91. The van der Waals surface area contributed by atoms with E-state index in [0.29, 0.717) is 22.8 Å². The summed E-state index contributed by atoms with van der Waals surface area (Å²) in [6, 6.07) is 6.42. The molecule has 0 bridgehead atoms. The molecule has 0 radical (unpaired) electrons. The van der Waals surface area contributed by atoms with Crippen molar-refractivity contribution in [1.82, 2.24) is 19.6 Å². The SMILES string of the molecule is Cc1c(F)cccc1Nc1cc(Cl)nc2ncnn12. The Balaban J connectivity index is 2.10. The second-order valence-electron chi connectivity index (χ2n) is 3.97. The van der Waals surface area contributed by atoms with Gasteiger partial charge in [0.05, 0.1) is 0 Å². The Bertz CT molecular complexity index is 755. The van der Waals surface area contributed by atoms with Gasteiger partial charge >= 0.3 is 0 Å². The largest absolute Gasteiger partial charge is 0.340 e. The summed E-state index contributed by atoms with van der Waals surface area (Å²) in [6.45, 7) is 1.69. The zero-order chi connectivity index (χ0) is 13.4. The molecule has 1 aromatic carbocycles. The van der Waals surface area contributed by atoms with Gasteiger partial charge in [-0.05, 0) is 19.1 Å². The fourth-order valence-corrected chi connectivity index (χ4v) is 1.93. The number of fused-ring (bicyclic) bond motifs is 1. The van der Waals surface area contributed by atoms with Gasteiger partial charge in [0.15, 0.2) is 0 Å². The lowest BCUT2D eigenvalue weighted by atomic mass is 10.2. The molecule has 0 saturated heterocycles. The second kappa shape index (κ2) is 4.47. The number of benzene rings is 1. The molecule has 0 saturated carbocycles. The van der Waals surface area contributed by atoms with Gasteiger partial charge in [-0.3, -0.25) is 0 Å². The predicted octanol–water partition coefficient (Wildman–Crippen LogP) is 2.97. The van der Waals surface area contributed by atoms with Gasteiger partial charge in [0, 0.05) is 17.3 Å². The molecule has 0 spiro atoms. The van der Waals surface area contributed by atoms with Crippen molar-refractivity contribution in [3.8, 4) is 0 Å². The van der Waals surface area contributed by atoms with E-state index in [1.54, 1.807) is 25.1 Å². The lowest BCUT2D eigenvalue weighted by molar-refractivity contribution is 0.619. The topological polar surface area (TPSA) is 55.1 Å². The van der Waals surface area contributed by atoms with Crippen LogP contribution in [-0.4, -0.2) is 19.6 Å². The Labute approximate surface area is 113 Å². The minimum absolute atomic E-state index is 0.278. The summed E-state index contributed by atoms with van der Waals surface area (Å²) in [5.41, 5.74) is 1.16. The van der Waals surface area contributed by atoms with E-state index in [9.17, 15) is 4.39 Å². The number of halogens is 2. The van der Waals surface area contributed by atoms with Crippen LogP contribution in [0.3, 0.4) is 0 Å². The molecule has 3 rings (SSSR count). The predicted molar refractivity (Wildman–Crippen MR) is 70.2 cm³/mol. The van der Waals surface area contributed by atoms with Crippen molar-refractivity contribution < 1.29 is 4.39 Å². The summed E-state index contributed by atoms with van der Waals surface area (Å²) in [5, 5.41) is 7.40. The summed E-state index contributed by atoms with van der Waals surface area (Å²) < 4.78 is 15.0. The molecule has 5 nitrogen and oxygen atoms in total. The quantitative estimate of drug-likeness (QED) is 0.732. The van der Waals surface area contributed by atoms with Gasteiger partial charge in [0.1, 0.15) is 23.1 Å². The van der Waals surface area contributed by atoms with Crippen LogP contribution in [0.5, 0.6) is 0 Å². The zero-order valence-electron chi connectivity index (χ0n) is 9.93. The number of hydrogen-bond acceptors (Lipinski definition) is 4. The molecule has 0 atom stereocenters. The van der Waals surface area contributed by atoms with Crippen LogP contribution < -0.4 is 5.32 Å². The van der Waals surface area contributed by atoms with E-state index in [1.807, 2.05) is 0 Å². The van der Waals surface area contributed by atoms with E-state index >= 15 is 0 Å². The van der Waals surface area contributed by atoms with Gasteiger partial charge < -0.3 is 5.32 Å². The van der Waals surface area contributed by atoms with Gasteiger partial charge in [0.25, 0.3) is 5.78 Å². The fraction of sp³-hybridized carbons (Fsp3) is 0.0833. The van der Waals surface area contributed by atoms with Crippen molar-refractivity contribution in [3.05, 3.63) is 47.1 Å².